The third kappa shape index (κ3) is 3.63. The number of thiazole rings is 1. The lowest BCUT2D eigenvalue weighted by Crippen LogP contribution is -2.12. The number of carbonyl (C=O) groups is 1. The Morgan fingerprint density at radius 2 is 1.81 bits per heavy atom. The molecule has 0 aliphatic rings. The molecule has 1 N–H and O–H groups in total. The third-order valence-electron chi connectivity index (χ3n) is 4.08. The molecule has 0 atom stereocenters. The largest absolute Gasteiger partial charge is 0.298 e. The summed E-state index contributed by atoms with van der Waals surface area (Å²) in [5, 5.41) is 9.79. The smallest absolute Gasteiger partial charge is 0.257 e. The summed E-state index contributed by atoms with van der Waals surface area (Å²) in [5.74, 6) is -0.189. The zero-order chi connectivity index (χ0) is 18.8. The minimum atomic E-state index is -0.189. The first-order chi connectivity index (χ1) is 13.1. The van der Waals surface area contributed by atoms with Gasteiger partial charge in [-0.3, -0.25) is 15.1 Å². The van der Waals surface area contributed by atoms with Gasteiger partial charge in [-0.05, 0) is 56.3 Å². The van der Waals surface area contributed by atoms with Crippen molar-refractivity contribution in [3.63, 3.8) is 0 Å². The monoisotopic (exact) mass is 375 g/mol. The highest BCUT2D eigenvalue weighted by Gasteiger charge is 2.11. The van der Waals surface area contributed by atoms with Crippen molar-refractivity contribution >= 4 is 22.4 Å². The van der Waals surface area contributed by atoms with E-state index >= 15 is 0 Å². The lowest BCUT2D eigenvalue weighted by atomic mass is 10.2. The van der Waals surface area contributed by atoms with Crippen LogP contribution in [0.5, 0.6) is 0 Å². The summed E-state index contributed by atoms with van der Waals surface area (Å²) >= 11 is 1.39. The molecule has 0 fully saturated rings. The number of hydrogen-bond donors (Lipinski definition) is 1. The van der Waals surface area contributed by atoms with E-state index in [-0.39, 0.29) is 5.91 Å². The average Bonchev–Trinajstić information content (AvgIpc) is 3.28. The van der Waals surface area contributed by atoms with Gasteiger partial charge in [-0.1, -0.05) is 0 Å². The van der Waals surface area contributed by atoms with Crippen LogP contribution in [-0.2, 0) is 0 Å². The van der Waals surface area contributed by atoms with Gasteiger partial charge in [0.25, 0.3) is 5.91 Å². The van der Waals surface area contributed by atoms with Gasteiger partial charge in [0.15, 0.2) is 5.13 Å². The third-order valence-corrected chi connectivity index (χ3v) is 4.84. The molecule has 0 aliphatic carbocycles. The summed E-state index contributed by atoms with van der Waals surface area (Å²) in [6.45, 7) is 3.96. The van der Waals surface area contributed by atoms with Gasteiger partial charge in [-0.25, -0.2) is 9.67 Å². The summed E-state index contributed by atoms with van der Waals surface area (Å²) in [4.78, 5) is 21.0. The van der Waals surface area contributed by atoms with Gasteiger partial charge >= 0.3 is 0 Å². The van der Waals surface area contributed by atoms with Crippen molar-refractivity contribution in [2.75, 3.05) is 5.32 Å². The van der Waals surface area contributed by atoms with Crippen molar-refractivity contribution in [1.29, 1.82) is 0 Å². The second-order valence-corrected chi connectivity index (χ2v) is 6.97. The van der Waals surface area contributed by atoms with Gasteiger partial charge in [0.2, 0.25) is 0 Å². The molecule has 0 saturated carbocycles. The number of nitrogens with zero attached hydrogens (tertiary/aromatic N) is 4. The van der Waals surface area contributed by atoms with E-state index in [1.165, 1.54) is 11.3 Å². The van der Waals surface area contributed by atoms with Crippen LogP contribution in [0.3, 0.4) is 0 Å². The first-order valence-electron chi connectivity index (χ1n) is 8.41. The molecule has 4 aromatic rings. The zero-order valence-corrected chi connectivity index (χ0v) is 15.7. The predicted octanol–water partition coefficient (Wildman–Crippen LogP) is 4.26. The van der Waals surface area contributed by atoms with Crippen LogP contribution in [0.1, 0.15) is 21.7 Å². The molecular weight excluding hydrogens is 358 g/mol. The Bertz CT molecular complexity index is 1080. The van der Waals surface area contributed by atoms with Gasteiger partial charge < -0.3 is 0 Å². The molecule has 3 heterocycles. The number of benzene rings is 1. The Morgan fingerprint density at radius 3 is 2.48 bits per heavy atom. The summed E-state index contributed by atoms with van der Waals surface area (Å²) in [5.41, 5.74) is 5.29. The van der Waals surface area contributed by atoms with Gasteiger partial charge in [-0.2, -0.15) is 5.10 Å². The summed E-state index contributed by atoms with van der Waals surface area (Å²) in [7, 11) is 0. The molecule has 7 heteroatoms. The van der Waals surface area contributed by atoms with Crippen LogP contribution in [-0.4, -0.2) is 25.7 Å². The topological polar surface area (TPSA) is 72.7 Å². The number of aryl methyl sites for hydroxylation is 2. The summed E-state index contributed by atoms with van der Waals surface area (Å²) in [6, 6.07) is 13.1. The van der Waals surface area contributed by atoms with Gasteiger partial charge in [0.1, 0.15) is 0 Å². The van der Waals surface area contributed by atoms with Crippen LogP contribution >= 0.6 is 11.3 Å². The summed E-state index contributed by atoms with van der Waals surface area (Å²) in [6.07, 6.45) is 3.44. The molecule has 134 valence electrons. The van der Waals surface area contributed by atoms with Crippen LogP contribution in [0.25, 0.3) is 16.9 Å². The molecule has 4 rings (SSSR count). The minimum Gasteiger partial charge on any atom is -0.298 e. The fraction of sp³-hybridized carbons (Fsp3) is 0.100. The SMILES string of the molecule is Cc1cc(C)n(-c2ccc(C(=O)Nc3nc(-c4ccncc4)cs3)cc2)n1. The van der Waals surface area contributed by atoms with Crippen molar-refractivity contribution < 1.29 is 4.79 Å². The number of amides is 1. The molecule has 0 bridgehead atoms. The molecule has 0 spiro atoms. The quantitative estimate of drug-likeness (QED) is 0.578. The Balaban J connectivity index is 1.49. The zero-order valence-electron chi connectivity index (χ0n) is 14.9. The van der Waals surface area contributed by atoms with Crippen LogP contribution in [0.15, 0.2) is 60.2 Å². The number of pyridine rings is 1. The van der Waals surface area contributed by atoms with Crippen LogP contribution in [0.2, 0.25) is 0 Å². The predicted molar refractivity (Wildman–Crippen MR) is 106 cm³/mol. The van der Waals surface area contributed by atoms with Crippen molar-refractivity contribution in [2.45, 2.75) is 13.8 Å². The second-order valence-electron chi connectivity index (χ2n) is 6.11. The van der Waals surface area contributed by atoms with E-state index in [0.717, 1.165) is 28.3 Å². The molecule has 0 saturated heterocycles. The van der Waals surface area contributed by atoms with Crippen molar-refractivity contribution in [3.8, 4) is 16.9 Å². The molecule has 0 unspecified atom stereocenters. The highest BCUT2D eigenvalue weighted by molar-refractivity contribution is 7.14. The van der Waals surface area contributed by atoms with E-state index in [1.807, 2.05) is 54.2 Å². The molecule has 6 nitrogen and oxygen atoms in total. The highest BCUT2D eigenvalue weighted by atomic mass is 32.1. The Labute approximate surface area is 160 Å². The maximum Gasteiger partial charge on any atom is 0.257 e. The Morgan fingerprint density at radius 1 is 1.07 bits per heavy atom. The maximum absolute atomic E-state index is 12.5. The second kappa shape index (κ2) is 7.13. The molecular formula is C20H17N5OS. The highest BCUT2D eigenvalue weighted by Crippen LogP contribution is 2.24. The number of nitrogens with one attached hydrogen (secondary N) is 1. The van der Waals surface area contributed by atoms with Crippen molar-refractivity contribution in [3.05, 3.63) is 77.2 Å². The van der Waals surface area contributed by atoms with Crippen LogP contribution in [0.4, 0.5) is 5.13 Å². The Kier molecular flexibility index (Phi) is 4.52. The molecule has 3 aromatic heterocycles. The van der Waals surface area contributed by atoms with E-state index in [0.29, 0.717) is 10.7 Å². The average molecular weight is 375 g/mol. The number of hydrogen-bond acceptors (Lipinski definition) is 5. The van der Waals surface area contributed by atoms with Crippen molar-refractivity contribution in [1.82, 2.24) is 19.7 Å². The van der Waals surface area contributed by atoms with E-state index < -0.39 is 0 Å². The fourth-order valence-electron chi connectivity index (χ4n) is 2.80. The summed E-state index contributed by atoms with van der Waals surface area (Å²) < 4.78 is 1.86. The number of anilines is 1. The molecule has 1 amide bonds. The molecule has 0 radical (unpaired) electrons. The first-order valence-corrected chi connectivity index (χ1v) is 9.29. The van der Waals surface area contributed by atoms with Crippen LogP contribution in [0, 0.1) is 13.8 Å². The van der Waals surface area contributed by atoms with E-state index in [1.54, 1.807) is 24.5 Å². The number of rotatable bonds is 4. The molecule has 1 aromatic carbocycles. The van der Waals surface area contributed by atoms with Crippen LogP contribution < -0.4 is 5.32 Å². The van der Waals surface area contributed by atoms with Gasteiger partial charge in [0.05, 0.1) is 17.1 Å². The fourth-order valence-corrected chi connectivity index (χ4v) is 3.51. The standard InChI is InChI=1S/C20H17N5OS/c1-13-11-14(2)25(24-13)17-5-3-16(4-6-17)19(26)23-20-22-18(12-27-20)15-7-9-21-10-8-15/h3-12H,1-2H3,(H,22,23,26). The maximum atomic E-state index is 12.5. The van der Waals surface area contributed by atoms with E-state index in [2.05, 4.69) is 20.4 Å². The van der Waals surface area contributed by atoms with E-state index in [4.69, 9.17) is 0 Å². The van der Waals surface area contributed by atoms with Gasteiger partial charge in [0, 0.05) is 34.6 Å². The lowest BCUT2D eigenvalue weighted by molar-refractivity contribution is 0.102. The van der Waals surface area contributed by atoms with Gasteiger partial charge in [-0.15, -0.1) is 11.3 Å². The lowest BCUT2D eigenvalue weighted by Gasteiger charge is -2.06. The normalized spacial score (nSPS) is 10.7. The Hall–Kier alpha value is -3.32. The van der Waals surface area contributed by atoms with Crippen molar-refractivity contribution in [2.24, 2.45) is 0 Å². The molecule has 0 aliphatic heterocycles. The number of carbonyl (C=O) groups excluding carboxylic acids is 1. The minimum absolute atomic E-state index is 0.189. The van der Waals surface area contributed by atoms with E-state index in [9.17, 15) is 4.79 Å². The molecule has 27 heavy (non-hydrogen) atoms. The first kappa shape index (κ1) is 17.1. The number of aromatic nitrogens is 4.